The van der Waals surface area contributed by atoms with Crippen LogP contribution in [0.1, 0.15) is 36.3 Å². The van der Waals surface area contributed by atoms with Crippen LogP contribution in [0.2, 0.25) is 0 Å². The normalized spacial score (nSPS) is 26.0. The third-order valence-corrected chi connectivity index (χ3v) is 6.13. The first-order valence-corrected chi connectivity index (χ1v) is 11.3. The number of hydrogen-bond acceptors (Lipinski definition) is 11. The molecule has 3 heterocycles. The Morgan fingerprint density at radius 2 is 2.09 bits per heavy atom. The van der Waals surface area contributed by atoms with Crippen LogP contribution in [0.15, 0.2) is 24.8 Å². The molecule has 4 rings (SSSR count). The van der Waals surface area contributed by atoms with E-state index in [9.17, 15) is 18.0 Å². The fourth-order valence-electron chi connectivity index (χ4n) is 4.02. The van der Waals surface area contributed by atoms with Crippen molar-refractivity contribution in [1.82, 2.24) is 24.9 Å². The Morgan fingerprint density at radius 3 is 2.79 bits per heavy atom. The lowest BCUT2D eigenvalue weighted by Crippen LogP contribution is -2.35. The first kappa shape index (κ1) is 23.0. The molecule has 2 aliphatic rings. The molecule has 15 heteroatoms. The van der Waals surface area contributed by atoms with E-state index in [0.717, 1.165) is 0 Å². The maximum Gasteiger partial charge on any atom is 0.420 e. The van der Waals surface area contributed by atoms with Crippen LogP contribution in [0.4, 0.5) is 10.6 Å². The highest BCUT2D eigenvalue weighted by atomic mass is 32.2. The molecule has 178 valence electrons. The van der Waals surface area contributed by atoms with Crippen LogP contribution in [0.25, 0.3) is 0 Å². The lowest BCUT2D eigenvalue weighted by Gasteiger charge is -2.24. The number of carbonyl (C=O) groups excluding carboxylic acids is 1. The zero-order valence-corrected chi connectivity index (χ0v) is 18.4. The Hall–Kier alpha value is -3.14. The molecule has 1 saturated heterocycles. The standard InChI is InChI=1S/C18H22N6O8S/c1-18(2)31-14-9(7-30-33(28,29)24-17(26)27)5-12(15(14)32-18)22-16-10(6-19-8-20-16)13(25)11-3-4-21-23-11/h3-4,6,8-9,12,14-15,24H,5,7H2,1-2H3,(H,21,23)(H,26,27)(H,19,20,22)/t9-,12-,14-,15+/m1/s1. The third kappa shape index (κ3) is 5.11. The lowest BCUT2D eigenvalue weighted by atomic mass is 10.1. The topological polar surface area (TPSA) is 195 Å². The summed E-state index contributed by atoms with van der Waals surface area (Å²) in [6.45, 7) is 3.12. The second-order valence-corrected chi connectivity index (χ2v) is 9.39. The fourth-order valence-corrected chi connectivity index (χ4v) is 4.65. The predicted octanol–water partition coefficient (Wildman–Crippen LogP) is 0.280. The number of amides is 1. The largest absolute Gasteiger partial charge is 0.464 e. The van der Waals surface area contributed by atoms with Gasteiger partial charge in [0.2, 0.25) is 5.78 Å². The van der Waals surface area contributed by atoms with Crippen LogP contribution in [0.3, 0.4) is 0 Å². The highest BCUT2D eigenvalue weighted by Gasteiger charge is 2.54. The molecule has 1 saturated carbocycles. The van der Waals surface area contributed by atoms with Crippen molar-refractivity contribution in [2.45, 2.75) is 44.3 Å². The second kappa shape index (κ2) is 8.66. The van der Waals surface area contributed by atoms with E-state index in [1.807, 2.05) is 0 Å². The Kier molecular flexibility index (Phi) is 6.04. The van der Waals surface area contributed by atoms with Crippen molar-refractivity contribution in [2.75, 3.05) is 11.9 Å². The molecule has 4 atom stereocenters. The number of aromatic amines is 1. The first-order valence-electron chi connectivity index (χ1n) is 9.91. The molecular weight excluding hydrogens is 460 g/mol. The van der Waals surface area contributed by atoms with E-state index in [2.05, 4.69) is 25.5 Å². The lowest BCUT2D eigenvalue weighted by molar-refractivity contribution is -0.158. The summed E-state index contributed by atoms with van der Waals surface area (Å²) in [5.41, 5.74) is 0.477. The van der Waals surface area contributed by atoms with E-state index in [4.69, 9.17) is 18.8 Å². The van der Waals surface area contributed by atoms with Crippen molar-refractivity contribution in [2.24, 2.45) is 5.92 Å². The quantitative estimate of drug-likeness (QED) is 0.376. The highest BCUT2D eigenvalue weighted by Crippen LogP contribution is 2.43. The predicted molar refractivity (Wildman–Crippen MR) is 109 cm³/mol. The second-order valence-electron chi connectivity index (χ2n) is 8.04. The van der Waals surface area contributed by atoms with Crippen molar-refractivity contribution in [1.29, 1.82) is 0 Å². The number of rotatable bonds is 8. The third-order valence-electron chi connectivity index (χ3n) is 5.26. The van der Waals surface area contributed by atoms with E-state index in [1.165, 1.54) is 29.5 Å². The average Bonchev–Trinajstić information content (AvgIpc) is 3.42. The maximum atomic E-state index is 12.8. The van der Waals surface area contributed by atoms with Crippen molar-refractivity contribution < 1.29 is 36.8 Å². The van der Waals surface area contributed by atoms with Crippen molar-refractivity contribution in [3.8, 4) is 0 Å². The summed E-state index contributed by atoms with van der Waals surface area (Å²) in [6.07, 6.45) is 1.68. The zero-order valence-electron chi connectivity index (χ0n) is 17.6. The molecule has 2 fully saturated rings. The summed E-state index contributed by atoms with van der Waals surface area (Å²) >= 11 is 0. The molecule has 1 aliphatic heterocycles. The summed E-state index contributed by atoms with van der Waals surface area (Å²) < 4.78 is 41.6. The van der Waals surface area contributed by atoms with Gasteiger partial charge < -0.3 is 19.9 Å². The minimum absolute atomic E-state index is 0.212. The zero-order chi connectivity index (χ0) is 23.8. The summed E-state index contributed by atoms with van der Waals surface area (Å²) in [5.74, 6) is -1.48. The number of anilines is 1. The van der Waals surface area contributed by atoms with Crippen LogP contribution in [0, 0.1) is 5.92 Å². The number of fused-ring (bicyclic) bond motifs is 1. The molecule has 1 amide bonds. The van der Waals surface area contributed by atoms with Gasteiger partial charge in [0.1, 0.15) is 23.9 Å². The molecule has 0 bridgehead atoms. The smallest absolute Gasteiger partial charge is 0.420 e. The van der Waals surface area contributed by atoms with Gasteiger partial charge in [-0.3, -0.25) is 14.1 Å². The summed E-state index contributed by atoms with van der Waals surface area (Å²) in [4.78, 5) is 31.6. The number of aromatic nitrogens is 4. The maximum absolute atomic E-state index is 12.8. The van der Waals surface area contributed by atoms with Gasteiger partial charge in [0.25, 0.3) is 0 Å². The number of carbonyl (C=O) groups is 2. The number of H-pyrrole nitrogens is 1. The number of nitrogens with zero attached hydrogens (tertiary/aromatic N) is 3. The van der Waals surface area contributed by atoms with Gasteiger partial charge in [-0.25, -0.2) is 14.8 Å². The van der Waals surface area contributed by atoms with Gasteiger partial charge in [0.05, 0.1) is 24.3 Å². The SMILES string of the molecule is CC1(C)O[C@@H]2[C@@H](COS(=O)(=O)NC(=O)O)C[C@@H](Nc3ncncc3C(=O)c3ccn[nH]3)[C@@H]2O1. The molecule has 0 aromatic carbocycles. The van der Waals surface area contributed by atoms with Crippen LogP contribution in [-0.4, -0.2) is 76.2 Å². The molecule has 4 N–H and O–H groups in total. The number of carboxylic acid groups (broad SMARTS) is 1. The molecule has 1 aliphatic carbocycles. The van der Waals surface area contributed by atoms with E-state index < -0.39 is 46.4 Å². The Bertz CT molecular complexity index is 1140. The number of ether oxygens (including phenoxy) is 2. The highest BCUT2D eigenvalue weighted by molar-refractivity contribution is 7.85. The van der Waals surface area contributed by atoms with E-state index in [-0.39, 0.29) is 29.5 Å². The van der Waals surface area contributed by atoms with Crippen molar-refractivity contribution >= 4 is 28.0 Å². The Balaban J connectivity index is 1.53. The van der Waals surface area contributed by atoms with E-state index >= 15 is 0 Å². The van der Waals surface area contributed by atoms with Crippen LogP contribution in [0.5, 0.6) is 0 Å². The van der Waals surface area contributed by atoms with Gasteiger partial charge in [-0.2, -0.15) is 18.2 Å². The molecule has 2 aromatic rings. The molecule has 33 heavy (non-hydrogen) atoms. The molecule has 0 radical (unpaired) electrons. The van der Waals surface area contributed by atoms with Gasteiger partial charge in [-0.15, -0.1) is 0 Å². The van der Waals surface area contributed by atoms with Gasteiger partial charge in [-0.1, -0.05) is 0 Å². The van der Waals surface area contributed by atoms with Crippen molar-refractivity contribution in [3.63, 3.8) is 0 Å². The summed E-state index contributed by atoms with van der Waals surface area (Å²) in [5, 5.41) is 18.2. The summed E-state index contributed by atoms with van der Waals surface area (Å²) in [6, 6.07) is 1.11. The van der Waals surface area contributed by atoms with Gasteiger partial charge >= 0.3 is 16.4 Å². The fraction of sp³-hybridized carbons (Fsp3) is 0.500. The molecule has 2 aromatic heterocycles. The van der Waals surface area contributed by atoms with Crippen LogP contribution >= 0.6 is 0 Å². The minimum atomic E-state index is -4.49. The van der Waals surface area contributed by atoms with Gasteiger partial charge in [0.15, 0.2) is 5.79 Å². The molecular formula is C18H22N6O8S. The molecule has 14 nitrogen and oxygen atoms in total. The van der Waals surface area contributed by atoms with E-state index in [0.29, 0.717) is 6.42 Å². The number of hydrogen-bond donors (Lipinski definition) is 4. The molecule has 0 unspecified atom stereocenters. The van der Waals surface area contributed by atoms with Gasteiger partial charge in [0, 0.05) is 18.3 Å². The van der Waals surface area contributed by atoms with E-state index in [1.54, 1.807) is 13.8 Å². The monoisotopic (exact) mass is 482 g/mol. The summed E-state index contributed by atoms with van der Waals surface area (Å²) in [7, 11) is -4.49. The Morgan fingerprint density at radius 1 is 1.33 bits per heavy atom. The number of nitrogens with one attached hydrogen (secondary N) is 3. The Labute approximate surface area is 188 Å². The van der Waals surface area contributed by atoms with Crippen molar-refractivity contribution in [3.05, 3.63) is 36.0 Å². The average molecular weight is 482 g/mol. The van der Waals surface area contributed by atoms with Gasteiger partial charge in [-0.05, 0) is 26.3 Å². The molecule has 0 spiro atoms. The number of ketones is 1. The van der Waals surface area contributed by atoms with Crippen LogP contribution in [-0.2, 0) is 24.0 Å². The van der Waals surface area contributed by atoms with Crippen LogP contribution < -0.4 is 10.0 Å². The first-order chi connectivity index (χ1) is 15.5. The minimum Gasteiger partial charge on any atom is -0.464 e.